The first kappa shape index (κ1) is 14.4. The maximum Gasteiger partial charge on any atom is 0.249 e. The Morgan fingerprint density at radius 1 is 1.00 bits per heavy atom. The molecule has 7 nitrogen and oxygen atoms in total. The minimum Gasteiger partial charge on any atom is -0.357 e. The second-order valence-electron chi connectivity index (χ2n) is 6.63. The Labute approximate surface area is 144 Å². The fourth-order valence-electron chi connectivity index (χ4n) is 3.34. The first-order chi connectivity index (χ1) is 12.3. The Bertz CT molecular complexity index is 933. The number of nitrogens with one attached hydrogen (secondary N) is 1. The van der Waals surface area contributed by atoms with E-state index in [0.717, 1.165) is 36.4 Å². The van der Waals surface area contributed by atoms with Crippen molar-refractivity contribution in [3.63, 3.8) is 0 Å². The van der Waals surface area contributed by atoms with E-state index in [-0.39, 0.29) is 11.9 Å². The normalized spacial score (nSPS) is 20.4. The first-order valence-electron chi connectivity index (χ1n) is 8.65. The number of benzene rings is 1. The molecule has 2 aliphatic rings. The van der Waals surface area contributed by atoms with Crippen molar-refractivity contribution in [3.8, 4) is 0 Å². The Kier molecular flexibility index (Phi) is 3.19. The van der Waals surface area contributed by atoms with Crippen LogP contribution in [-0.2, 0) is 4.79 Å². The Morgan fingerprint density at radius 3 is 2.64 bits per heavy atom. The van der Waals surface area contributed by atoms with Crippen molar-refractivity contribution in [3.05, 3.63) is 48.3 Å². The molecule has 3 heterocycles. The van der Waals surface area contributed by atoms with E-state index in [1.807, 2.05) is 47.4 Å². The Hall–Kier alpha value is -2.96. The molecular weight excluding hydrogens is 316 g/mol. The van der Waals surface area contributed by atoms with Gasteiger partial charge in [0.25, 0.3) is 0 Å². The number of carbonyl (C=O) groups is 1. The summed E-state index contributed by atoms with van der Waals surface area (Å²) in [5.74, 6) is 2.16. The number of fused-ring (bicyclic) bond motifs is 1. The van der Waals surface area contributed by atoms with Crippen molar-refractivity contribution in [1.29, 1.82) is 0 Å². The molecule has 0 radical (unpaired) electrons. The van der Waals surface area contributed by atoms with E-state index in [0.29, 0.717) is 18.3 Å². The molecule has 3 aromatic rings. The van der Waals surface area contributed by atoms with Crippen molar-refractivity contribution in [2.24, 2.45) is 0 Å². The molecule has 1 saturated carbocycles. The highest BCUT2D eigenvalue weighted by atomic mass is 16.2. The van der Waals surface area contributed by atoms with E-state index < -0.39 is 0 Å². The summed E-state index contributed by atoms with van der Waals surface area (Å²) in [5.41, 5.74) is 1.69. The molecular formula is C18H18N6O. The van der Waals surface area contributed by atoms with Crippen LogP contribution in [0, 0.1) is 0 Å². The van der Waals surface area contributed by atoms with Gasteiger partial charge >= 0.3 is 0 Å². The van der Waals surface area contributed by atoms with E-state index in [9.17, 15) is 4.79 Å². The molecule has 0 bridgehead atoms. The van der Waals surface area contributed by atoms with Crippen LogP contribution < -0.4 is 10.2 Å². The van der Waals surface area contributed by atoms with Gasteiger partial charge in [-0.3, -0.25) is 4.79 Å². The predicted octanol–water partition coefficient (Wildman–Crippen LogP) is 2.22. The standard InChI is InChI=1S/C18H18N6O/c25-18-14(10-11-23(18)13-4-2-1-3-5-13)19-15-8-9-16-20-21-17(12-6-7-12)24(16)22-15/h1-5,8-9,12,14H,6-7,10-11H2,(H,19,22). The van der Waals surface area contributed by atoms with Crippen molar-refractivity contribution in [2.45, 2.75) is 31.2 Å². The predicted molar refractivity (Wildman–Crippen MR) is 93.6 cm³/mol. The SMILES string of the molecule is O=C1C(Nc2ccc3nnc(C4CC4)n3n2)CCN1c1ccccc1. The number of para-hydroxylation sites is 1. The lowest BCUT2D eigenvalue weighted by molar-refractivity contribution is -0.117. The van der Waals surface area contributed by atoms with Crippen LogP contribution >= 0.6 is 0 Å². The molecule has 1 aliphatic heterocycles. The van der Waals surface area contributed by atoms with Crippen LogP contribution in [0.4, 0.5) is 11.5 Å². The summed E-state index contributed by atoms with van der Waals surface area (Å²) < 4.78 is 1.80. The number of anilines is 2. The summed E-state index contributed by atoms with van der Waals surface area (Å²) in [5, 5.41) is 16.3. The second kappa shape index (κ2) is 5.54. The largest absolute Gasteiger partial charge is 0.357 e. The number of hydrogen-bond donors (Lipinski definition) is 1. The minimum absolute atomic E-state index is 0.0827. The maximum absolute atomic E-state index is 12.7. The molecule has 1 amide bonds. The van der Waals surface area contributed by atoms with Crippen molar-refractivity contribution < 1.29 is 4.79 Å². The molecule has 1 aliphatic carbocycles. The summed E-state index contributed by atoms with van der Waals surface area (Å²) in [7, 11) is 0. The molecule has 25 heavy (non-hydrogen) atoms. The molecule has 2 aromatic heterocycles. The topological polar surface area (TPSA) is 75.4 Å². The summed E-state index contributed by atoms with van der Waals surface area (Å²) in [4.78, 5) is 14.5. The van der Waals surface area contributed by atoms with Crippen molar-refractivity contribution >= 4 is 23.1 Å². The first-order valence-corrected chi connectivity index (χ1v) is 8.65. The highest BCUT2D eigenvalue weighted by Crippen LogP contribution is 2.38. The second-order valence-corrected chi connectivity index (χ2v) is 6.63. The molecule has 0 spiro atoms. The molecule has 2 fully saturated rings. The number of aromatic nitrogens is 4. The van der Waals surface area contributed by atoms with E-state index >= 15 is 0 Å². The van der Waals surface area contributed by atoms with Crippen LogP contribution in [0.1, 0.15) is 31.0 Å². The Morgan fingerprint density at radius 2 is 1.84 bits per heavy atom. The highest BCUT2D eigenvalue weighted by molar-refractivity contribution is 6.00. The summed E-state index contributed by atoms with van der Waals surface area (Å²) in [6.45, 7) is 0.711. The van der Waals surface area contributed by atoms with E-state index in [4.69, 9.17) is 0 Å². The van der Waals surface area contributed by atoms with Gasteiger partial charge < -0.3 is 10.2 Å². The average molecular weight is 334 g/mol. The number of hydrogen-bond acceptors (Lipinski definition) is 5. The molecule has 126 valence electrons. The number of amides is 1. The molecule has 5 rings (SSSR count). The zero-order chi connectivity index (χ0) is 16.8. The third kappa shape index (κ3) is 2.52. The monoisotopic (exact) mass is 334 g/mol. The van der Waals surface area contributed by atoms with Crippen molar-refractivity contribution in [1.82, 2.24) is 19.8 Å². The molecule has 1 N–H and O–H groups in total. The molecule has 1 unspecified atom stereocenters. The van der Waals surface area contributed by atoms with Crippen LogP contribution in [0.25, 0.3) is 5.65 Å². The van der Waals surface area contributed by atoms with Gasteiger partial charge in [0.1, 0.15) is 11.9 Å². The smallest absolute Gasteiger partial charge is 0.249 e. The van der Waals surface area contributed by atoms with Gasteiger partial charge in [-0.15, -0.1) is 15.3 Å². The number of nitrogens with zero attached hydrogens (tertiary/aromatic N) is 5. The third-order valence-electron chi connectivity index (χ3n) is 4.82. The summed E-state index contributed by atoms with van der Waals surface area (Å²) in [6, 6.07) is 13.3. The molecule has 1 atom stereocenters. The zero-order valence-electron chi connectivity index (χ0n) is 13.7. The number of rotatable bonds is 4. The summed E-state index contributed by atoms with van der Waals surface area (Å²) >= 11 is 0. The molecule has 7 heteroatoms. The average Bonchev–Trinajstić information content (AvgIpc) is 3.31. The van der Waals surface area contributed by atoms with Gasteiger partial charge in [0, 0.05) is 18.2 Å². The fraction of sp³-hybridized carbons (Fsp3) is 0.333. The lowest BCUT2D eigenvalue weighted by Gasteiger charge is -2.17. The van der Waals surface area contributed by atoms with Gasteiger partial charge in [-0.1, -0.05) is 18.2 Å². The maximum atomic E-state index is 12.7. The summed E-state index contributed by atoms with van der Waals surface area (Å²) in [6.07, 6.45) is 3.05. The molecule has 1 saturated heterocycles. The van der Waals surface area contributed by atoms with Crippen LogP contribution in [0.5, 0.6) is 0 Å². The molecule has 1 aromatic carbocycles. The minimum atomic E-state index is -0.258. The third-order valence-corrected chi connectivity index (χ3v) is 4.82. The van der Waals surface area contributed by atoms with Gasteiger partial charge in [0.15, 0.2) is 11.5 Å². The van der Waals surface area contributed by atoms with Gasteiger partial charge in [-0.05, 0) is 43.5 Å². The van der Waals surface area contributed by atoms with E-state index in [1.165, 1.54) is 0 Å². The fourth-order valence-corrected chi connectivity index (χ4v) is 3.34. The lowest BCUT2D eigenvalue weighted by Crippen LogP contribution is -2.33. The zero-order valence-corrected chi connectivity index (χ0v) is 13.7. The quantitative estimate of drug-likeness (QED) is 0.792. The van der Waals surface area contributed by atoms with Gasteiger partial charge in [-0.2, -0.15) is 4.52 Å². The van der Waals surface area contributed by atoms with E-state index in [2.05, 4.69) is 20.6 Å². The highest BCUT2D eigenvalue weighted by Gasteiger charge is 2.33. The van der Waals surface area contributed by atoms with Crippen LogP contribution in [0.15, 0.2) is 42.5 Å². The van der Waals surface area contributed by atoms with Crippen LogP contribution in [-0.4, -0.2) is 38.3 Å². The number of carbonyl (C=O) groups excluding carboxylic acids is 1. The van der Waals surface area contributed by atoms with E-state index in [1.54, 1.807) is 4.52 Å². The Balaban J connectivity index is 1.38. The lowest BCUT2D eigenvalue weighted by atomic mass is 10.2. The van der Waals surface area contributed by atoms with Crippen LogP contribution in [0.3, 0.4) is 0 Å². The van der Waals surface area contributed by atoms with Gasteiger partial charge in [0.2, 0.25) is 5.91 Å². The van der Waals surface area contributed by atoms with Crippen LogP contribution in [0.2, 0.25) is 0 Å². The van der Waals surface area contributed by atoms with Gasteiger partial charge in [0.05, 0.1) is 0 Å². The van der Waals surface area contributed by atoms with Gasteiger partial charge in [-0.25, -0.2) is 0 Å². The van der Waals surface area contributed by atoms with Crippen molar-refractivity contribution in [2.75, 3.05) is 16.8 Å².